The lowest BCUT2D eigenvalue weighted by molar-refractivity contribution is -0.274. The Hall–Kier alpha value is -2.68. The summed E-state index contributed by atoms with van der Waals surface area (Å²) in [6, 6.07) is 12.3. The van der Waals surface area contributed by atoms with Crippen molar-refractivity contribution in [2.45, 2.75) is 29.0 Å². The summed E-state index contributed by atoms with van der Waals surface area (Å²) in [5.74, 6) is -1.05. The number of carbonyl (C=O) groups is 2. The number of nitrogens with one attached hydrogen (secondary N) is 1. The number of rotatable bonds is 3. The number of para-hydroxylation sites is 1. The van der Waals surface area contributed by atoms with Gasteiger partial charge in [-0.1, -0.05) is 30.0 Å². The summed E-state index contributed by atoms with van der Waals surface area (Å²) in [5.41, 5.74) is 0.835. The smallest absolute Gasteiger partial charge is 0.406 e. The molecule has 0 aliphatic carbocycles. The van der Waals surface area contributed by atoms with Crippen molar-refractivity contribution in [3.63, 3.8) is 0 Å². The molecule has 1 atom stereocenters. The lowest BCUT2D eigenvalue weighted by Gasteiger charge is -2.29. The third-order valence-electron chi connectivity index (χ3n) is 4.35. The van der Waals surface area contributed by atoms with Crippen LogP contribution in [0.4, 0.5) is 24.5 Å². The third kappa shape index (κ3) is 3.12. The van der Waals surface area contributed by atoms with E-state index in [0.717, 1.165) is 17.0 Å². The van der Waals surface area contributed by atoms with Crippen molar-refractivity contribution < 1.29 is 27.5 Å². The summed E-state index contributed by atoms with van der Waals surface area (Å²) in [6.45, 7) is 0. The Morgan fingerprint density at radius 2 is 1.96 bits per heavy atom. The molecule has 2 aliphatic rings. The van der Waals surface area contributed by atoms with Crippen LogP contribution in [-0.2, 0) is 9.59 Å². The molecule has 140 valence electrons. The summed E-state index contributed by atoms with van der Waals surface area (Å²) in [7, 11) is 0. The van der Waals surface area contributed by atoms with Crippen LogP contribution in [0.3, 0.4) is 0 Å². The van der Waals surface area contributed by atoms with Crippen LogP contribution < -0.4 is 15.0 Å². The fourth-order valence-electron chi connectivity index (χ4n) is 3.30. The molecule has 0 spiro atoms. The van der Waals surface area contributed by atoms with Crippen LogP contribution in [0.1, 0.15) is 12.8 Å². The van der Waals surface area contributed by atoms with E-state index in [-0.39, 0.29) is 18.0 Å². The van der Waals surface area contributed by atoms with E-state index in [1.54, 1.807) is 12.1 Å². The number of carbonyl (C=O) groups excluding carboxylic acids is 2. The summed E-state index contributed by atoms with van der Waals surface area (Å²) in [6.07, 6.45) is -4.28. The number of hydrogen-bond donors (Lipinski definition) is 1. The minimum absolute atomic E-state index is 0.156. The number of halogens is 3. The van der Waals surface area contributed by atoms with Crippen LogP contribution in [0.15, 0.2) is 53.4 Å². The van der Waals surface area contributed by atoms with Crippen LogP contribution in [-0.4, -0.2) is 23.0 Å². The van der Waals surface area contributed by atoms with Gasteiger partial charge in [0.25, 0.3) is 5.91 Å². The van der Waals surface area contributed by atoms with Gasteiger partial charge in [0.2, 0.25) is 5.91 Å². The molecule has 1 fully saturated rings. The van der Waals surface area contributed by atoms with Gasteiger partial charge < -0.3 is 10.1 Å². The predicted molar refractivity (Wildman–Crippen MR) is 93.5 cm³/mol. The monoisotopic (exact) mass is 394 g/mol. The zero-order valence-electron chi connectivity index (χ0n) is 13.7. The molecule has 2 amide bonds. The second-order valence-corrected chi connectivity index (χ2v) is 7.43. The van der Waals surface area contributed by atoms with Crippen molar-refractivity contribution in [1.82, 2.24) is 0 Å². The number of anilines is 2. The fraction of sp³-hybridized carbons (Fsp3) is 0.222. The first kappa shape index (κ1) is 17.7. The molecule has 1 N–H and O–H groups in total. The molecule has 27 heavy (non-hydrogen) atoms. The fourth-order valence-corrected chi connectivity index (χ4v) is 4.71. The number of nitrogens with zero attached hydrogens (tertiary/aromatic N) is 1. The SMILES string of the molecule is O=C1CCC2(C(=O)Nc3cccc(OC(F)(F)F)c3)Sc3ccccc3N12. The summed E-state index contributed by atoms with van der Waals surface area (Å²) in [4.78, 5) is 26.6. The number of fused-ring (bicyclic) bond motifs is 3. The standard InChI is InChI=1S/C18H13F3N2O3S/c19-18(20,21)26-12-5-3-4-11(10-12)22-16(25)17-9-8-15(24)23(17)13-6-1-2-7-14(13)27-17/h1-7,10H,8-9H2,(H,22,25). The first-order valence-corrected chi connectivity index (χ1v) is 8.88. The Morgan fingerprint density at radius 3 is 2.74 bits per heavy atom. The maximum atomic E-state index is 13.0. The Labute approximate surface area is 156 Å². The molecule has 1 unspecified atom stereocenters. The molecule has 5 nitrogen and oxygen atoms in total. The highest BCUT2D eigenvalue weighted by Crippen LogP contribution is 2.56. The van der Waals surface area contributed by atoms with Crippen molar-refractivity contribution in [2.24, 2.45) is 0 Å². The maximum absolute atomic E-state index is 13.0. The minimum Gasteiger partial charge on any atom is -0.406 e. The molecule has 2 aliphatic heterocycles. The molecule has 2 heterocycles. The van der Waals surface area contributed by atoms with Gasteiger partial charge in [0.15, 0.2) is 4.87 Å². The zero-order chi connectivity index (χ0) is 19.2. The average Bonchev–Trinajstić information content (AvgIpc) is 3.10. The Kier molecular flexibility index (Phi) is 4.06. The topological polar surface area (TPSA) is 58.6 Å². The Bertz CT molecular complexity index is 934. The molecule has 0 saturated carbocycles. The second kappa shape index (κ2) is 6.19. The quantitative estimate of drug-likeness (QED) is 0.850. The first-order valence-electron chi connectivity index (χ1n) is 8.07. The van der Waals surface area contributed by atoms with Gasteiger partial charge in [0, 0.05) is 23.1 Å². The lowest BCUT2D eigenvalue weighted by atomic mass is 10.1. The van der Waals surface area contributed by atoms with E-state index in [2.05, 4.69) is 10.1 Å². The number of amides is 2. The van der Waals surface area contributed by atoms with E-state index < -0.39 is 22.9 Å². The Morgan fingerprint density at radius 1 is 1.19 bits per heavy atom. The molecule has 9 heteroatoms. The van der Waals surface area contributed by atoms with Gasteiger partial charge in [0.1, 0.15) is 5.75 Å². The summed E-state index contributed by atoms with van der Waals surface area (Å²) in [5, 5.41) is 2.63. The van der Waals surface area contributed by atoms with Gasteiger partial charge in [-0.25, -0.2) is 0 Å². The molecule has 4 rings (SSSR count). The minimum atomic E-state index is -4.82. The number of benzene rings is 2. The van der Waals surface area contributed by atoms with Crippen LogP contribution in [0.5, 0.6) is 5.75 Å². The second-order valence-electron chi connectivity index (χ2n) is 6.11. The van der Waals surface area contributed by atoms with E-state index in [4.69, 9.17) is 0 Å². The van der Waals surface area contributed by atoms with Gasteiger partial charge >= 0.3 is 6.36 Å². The summed E-state index contributed by atoms with van der Waals surface area (Å²) < 4.78 is 41.1. The summed E-state index contributed by atoms with van der Waals surface area (Å²) >= 11 is 1.28. The molecular weight excluding hydrogens is 381 g/mol. The highest BCUT2D eigenvalue weighted by Gasteiger charge is 2.57. The maximum Gasteiger partial charge on any atom is 0.573 e. The Balaban J connectivity index is 1.60. The highest BCUT2D eigenvalue weighted by molar-refractivity contribution is 8.02. The van der Waals surface area contributed by atoms with Crippen molar-refractivity contribution in [3.05, 3.63) is 48.5 Å². The van der Waals surface area contributed by atoms with E-state index in [1.807, 2.05) is 12.1 Å². The predicted octanol–water partition coefficient (Wildman–Crippen LogP) is 4.15. The van der Waals surface area contributed by atoms with Crippen molar-refractivity contribution in [3.8, 4) is 5.75 Å². The van der Waals surface area contributed by atoms with E-state index in [1.165, 1.54) is 28.8 Å². The lowest BCUT2D eigenvalue weighted by Crippen LogP contribution is -2.49. The number of alkyl halides is 3. The van der Waals surface area contributed by atoms with Crippen molar-refractivity contribution >= 4 is 35.0 Å². The zero-order valence-corrected chi connectivity index (χ0v) is 14.6. The number of thioether (sulfide) groups is 1. The molecule has 2 aromatic carbocycles. The highest BCUT2D eigenvalue weighted by atomic mass is 32.2. The molecule has 0 radical (unpaired) electrons. The molecular formula is C18H13F3N2O3S. The van der Waals surface area contributed by atoms with Gasteiger partial charge in [-0.3, -0.25) is 14.5 Å². The number of ether oxygens (including phenoxy) is 1. The van der Waals surface area contributed by atoms with Gasteiger partial charge in [-0.2, -0.15) is 0 Å². The molecule has 2 aromatic rings. The van der Waals surface area contributed by atoms with Gasteiger partial charge in [0.05, 0.1) is 5.69 Å². The molecule has 0 aromatic heterocycles. The molecule has 0 bridgehead atoms. The van der Waals surface area contributed by atoms with E-state index in [9.17, 15) is 22.8 Å². The third-order valence-corrected chi connectivity index (χ3v) is 5.83. The van der Waals surface area contributed by atoms with E-state index >= 15 is 0 Å². The molecule has 1 saturated heterocycles. The van der Waals surface area contributed by atoms with E-state index in [0.29, 0.717) is 12.1 Å². The number of hydrogen-bond acceptors (Lipinski definition) is 4. The average molecular weight is 394 g/mol. The first-order chi connectivity index (χ1) is 12.8. The van der Waals surface area contributed by atoms with Crippen LogP contribution >= 0.6 is 11.8 Å². The van der Waals surface area contributed by atoms with Crippen LogP contribution in [0, 0.1) is 0 Å². The normalized spacial score (nSPS) is 21.0. The van der Waals surface area contributed by atoms with Crippen LogP contribution in [0.2, 0.25) is 0 Å². The van der Waals surface area contributed by atoms with Crippen LogP contribution in [0.25, 0.3) is 0 Å². The largest absolute Gasteiger partial charge is 0.573 e. The van der Waals surface area contributed by atoms with Crippen molar-refractivity contribution in [1.29, 1.82) is 0 Å². The van der Waals surface area contributed by atoms with Gasteiger partial charge in [-0.05, 0) is 30.7 Å². The van der Waals surface area contributed by atoms with Gasteiger partial charge in [-0.15, -0.1) is 13.2 Å². The van der Waals surface area contributed by atoms with Crippen molar-refractivity contribution in [2.75, 3.05) is 10.2 Å².